The molecule has 0 aliphatic carbocycles. The highest BCUT2D eigenvalue weighted by Crippen LogP contribution is 2.53. The van der Waals surface area contributed by atoms with Gasteiger partial charge in [-0.2, -0.15) is 0 Å². The Kier molecular flexibility index (Phi) is 7.19. The van der Waals surface area contributed by atoms with Crippen LogP contribution in [0.3, 0.4) is 0 Å². The van der Waals surface area contributed by atoms with E-state index in [2.05, 4.69) is 29.2 Å². The Labute approximate surface area is 240 Å². The summed E-state index contributed by atoms with van der Waals surface area (Å²) in [6.45, 7) is 4.42. The van der Waals surface area contributed by atoms with Gasteiger partial charge in [0.2, 0.25) is 11.8 Å². The van der Waals surface area contributed by atoms with E-state index in [-0.39, 0.29) is 18.2 Å². The number of aryl methyl sites for hydroxylation is 1. The van der Waals surface area contributed by atoms with E-state index in [0.717, 1.165) is 33.2 Å². The van der Waals surface area contributed by atoms with Crippen LogP contribution in [0.2, 0.25) is 5.02 Å². The first-order valence-corrected chi connectivity index (χ1v) is 14.0. The van der Waals surface area contributed by atoms with Gasteiger partial charge in [-0.25, -0.2) is 0 Å². The summed E-state index contributed by atoms with van der Waals surface area (Å²) in [6, 6.07) is 21.1. The van der Waals surface area contributed by atoms with Crippen LogP contribution in [0.1, 0.15) is 34.7 Å². The van der Waals surface area contributed by atoms with Crippen molar-refractivity contribution in [2.75, 3.05) is 26.3 Å². The maximum atomic E-state index is 14.7. The first-order valence-electron chi connectivity index (χ1n) is 13.7. The number of nitrogens with one attached hydrogen (secondary N) is 1. The van der Waals surface area contributed by atoms with Crippen molar-refractivity contribution in [3.63, 3.8) is 0 Å². The zero-order valence-corrected chi connectivity index (χ0v) is 23.3. The molecule has 0 saturated carbocycles. The first-order chi connectivity index (χ1) is 19.3. The van der Waals surface area contributed by atoms with E-state index in [1.807, 2.05) is 65.4 Å². The fourth-order valence-electron chi connectivity index (χ4n) is 6.30. The molecule has 0 bridgehead atoms. The lowest BCUT2D eigenvalue weighted by atomic mass is 9.71. The molecule has 2 fully saturated rings. The second kappa shape index (κ2) is 10.8. The number of H-pyrrole nitrogens is 1. The molecule has 1 N–H and O–H groups in total. The van der Waals surface area contributed by atoms with Crippen molar-refractivity contribution in [3.05, 3.63) is 100 Å². The molecule has 1 aromatic heterocycles. The summed E-state index contributed by atoms with van der Waals surface area (Å²) in [5, 5.41) is 1.58. The van der Waals surface area contributed by atoms with Crippen LogP contribution in [0.5, 0.6) is 0 Å². The predicted octanol–water partition coefficient (Wildman–Crippen LogP) is 4.49. The molecule has 2 aliphatic rings. The van der Waals surface area contributed by atoms with Gasteiger partial charge < -0.3 is 19.5 Å². The molecule has 4 aromatic rings. The number of likely N-dealkylation sites (tertiary alicyclic amines) is 1. The number of aromatic nitrogens is 1. The monoisotopic (exact) mass is 551 g/mol. The number of hydrogen-bond acceptors (Lipinski definition) is 3. The van der Waals surface area contributed by atoms with Crippen LogP contribution in [0, 0.1) is 12.3 Å². The zero-order valence-electron chi connectivity index (χ0n) is 22.5. The largest absolute Gasteiger partial charge is 0.378 e. The van der Waals surface area contributed by atoms with Gasteiger partial charge in [0, 0.05) is 53.7 Å². The van der Waals surface area contributed by atoms with E-state index < -0.39 is 11.5 Å². The number of carbonyl (C=O) groups excluding carboxylic acids is 2. The van der Waals surface area contributed by atoms with Crippen molar-refractivity contribution in [1.29, 1.82) is 0 Å². The molecule has 40 heavy (non-hydrogen) atoms. The Morgan fingerprint density at radius 3 is 2.48 bits per heavy atom. The quantitative estimate of drug-likeness (QED) is 0.359. The van der Waals surface area contributed by atoms with Crippen LogP contribution in [0.4, 0.5) is 0 Å². The minimum Gasteiger partial charge on any atom is -0.378 e. The third kappa shape index (κ3) is 4.93. The van der Waals surface area contributed by atoms with Crippen molar-refractivity contribution in [1.82, 2.24) is 14.8 Å². The van der Waals surface area contributed by atoms with Crippen molar-refractivity contribution in [3.8, 4) is 0 Å². The maximum absolute atomic E-state index is 14.7. The predicted molar refractivity (Wildman–Crippen MR) is 158 cm³/mol. The van der Waals surface area contributed by atoms with Gasteiger partial charge >= 0.3 is 0 Å². The highest BCUT2D eigenvalue weighted by Gasteiger charge is 2.58. The average Bonchev–Trinajstić information content (AvgIpc) is 3.48. The molecule has 2 saturated heterocycles. The molecule has 3 heterocycles. The van der Waals surface area contributed by atoms with E-state index in [1.165, 1.54) is 0 Å². The summed E-state index contributed by atoms with van der Waals surface area (Å²) in [6.07, 6.45) is 2.51. The molecule has 6 nitrogen and oxygen atoms in total. The Hall–Kier alpha value is -3.55. The molecule has 2 aliphatic heterocycles. The second-order valence-electron chi connectivity index (χ2n) is 11.0. The number of amides is 2. The molecule has 8 heteroatoms. The molecular weight excluding hydrogens is 521 g/mol. The molecule has 2 amide bonds. The fourth-order valence-corrected chi connectivity index (χ4v) is 6.47. The summed E-state index contributed by atoms with van der Waals surface area (Å²) in [7, 11) is 5.95. The van der Waals surface area contributed by atoms with Crippen molar-refractivity contribution in [2.24, 2.45) is 5.41 Å². The van der Waals surface area contributed by atoms with Gasteiger partial charge in [0.1, 0.15) is 7.85 Å². The topological polar surface area (TPSA) is 65.6 Å². The summed E-state index contributed by atoms with van der Waals surface area (Å²) < 4.78 is 5.58. The fraction of sp³-hybridized carbons (Fsp3) is 0.312. The van der Waals surface area contributed by atoms with Crippen LogP contribution >= 0.6 is 11.6 Å². The lowest BCUT2D eigenvalue weighted by molar-refractivity contribution is -0.148. The molecule has 6 rings (SSSR count). The third-order valence-electron chi connectivity index (χ3n) is 8.29. The lowest BCUT2D eigenvalue weighted by Crippen LogP contribution is -2.51. The van der Waals surface area contributed by atoms with Gasteiger partial charge in [-0.15, -0.1) is 0 Å². The normalized spacial score (nSPS) is 21.4. The van der Waals surface area contributed by atoms with Gasteiger partial charge in [0.15, 0.2) is 0 Å². The van der Waals surface area contributed by atoms with Crippen LogP contribution in [-0.2, 0) is 27.3 Å². The Bertz CT molecular complexity index is 1550. The zero-order chi connectivity index (χ0) is 27.9. The first kappa shape index (κ1) is 26.7. The number of benzene rings is 3. The van der Waals surface area contributed by atoms with E-state index >= 15 is 0 Å². The number of morpholine rings is 1. The van der Waals surface area contributed by atoms with Crippen molar-refractivity contribution in [2.45, 2.75) is 32.4 Å². The molecule has 0 spiro atoms. The van der Waals surface area contributed by atoms with Gasteiger partial charge in [-0.05, 0) is 36.6 Å². The van der Waals surface area contributed by atoms with E-state index in [4.69, 9.17) is 24.2 Å². The minimum atomic E-state index is -1.01. The molecule has 2 radical (unpaired) electrons. The van der Waals surface area contributed by atoms with Crippen molar-refractivity contribution >= 4 is 47.6 Å². The Balaban J connectivity index is 1.53. The molecule has 2 unspecified atom stereocenters. The van der Waals surface area contributed by atoms with Gasteiger partial charge in [0.05, 0.1) is 24.7 Å². The van der Waals surface area contributed by atoms with Crippen LogP contribution < -0.4 is 5.46 Å². The van der Waals surface area contributed by atoms with Crippen LogP contribution in [0.15, 0.2) is 72.9 Å². The van der Waals surface area contributed by atoms with E-state index in [1.54, 1.807) is 0 Å². The summed E-state index contributed by atoms with van der Waals surface area (Å²) in [4.78, 5) is 35.9. The molecular formula is C32H31BClN3O3. The third-order valence-corrected chi connectivity index (χ3v) is 8.52. The number of halogens is 1. The standard InChI is InChI=1S/C32H31BClN3O3/c1-21-2-4-22(5-3-21)17-32(31(39)36-12-14-40-15-13-36)18-29(38)37(20-23-6-8-24(33)9-7-23)30(32)27-19-35-28-16-25(34)10-11-26(27)28/h2-11,16,19,30,35H,12-15,17-18,20H2,1H3. The number of rotatable bonds is 6. The second-order valence-corrected chi connectivity index (χ2v) is 11.4. The number of ether oxygens (including phenoxy) is 1. The van der Waals surface area contributed by atoms with Crippen molar-refractivity contribution < 1.29 is 14.3 Å². The number of fused-ring (bicyclic) bond motifs is 1. The minimum absolute atomic E-state index is 0.00200. The summed E-state index contributed by atoms with van der Waals surface area (Å²) in [5.41, 5.74) is 4.58. The van der Waals surface area contributed by atoms with Crippen LogP contribution in [-0.4, -0.2) is 60.7 Å². The van der Waals surface area contributed by atoms with Gasteiger partial charge in [-0.3, -0.25) is 9.59 Å². The highest BCUT2D eigenvalue weighted by molar-refractivity contribution is 6.32. The van der Waals surface area contributed by atoms with E-state index in [0.29, 0.717) is 49.8 Å². The highest BCUT2D eigenvalue weighted by atomic mass is 35.5. The molecule has 3 aromatic carbocycles. The maximum Gasteiger partial charge on any atom is 0.232 e. The Morgan fingerprint density at radius 1 is 1.05 bits per heavy atom. The van der Waals surface area contributed by atoms with Gasteiger partial charge in [-0.1, -0.05) is 77.2 Å². The number of hydrogen-bond donors (Lipinski definition) is 1. The van der Waals surface area contributed by atoms with Crippen LogP contribution in [0.25, 0.3) is 10.9 Å². The smallest absolute Gasteiger partial charge is 0.232 e. The van der Waals surface area contributed by atoms with E-state index in [9.17, 15) is 9.59 Å². The SMILES string of the molecule is [B]c1ccc(CN2C(=O)CC(Cc3ccc(C)cc3)(C(=O)N3CCOCC3)C2c2c[nH]c3cc(Cl)ccc23)cc1. The number of aromatic amines is 1. The molecule has 202 valence electrons. The summed E-state index contributed by atoms with van der Waals surface area (Å²) in [5.74, 6) is -0.0447. The number of nitrogens with zero attached hydrogens (tertiary/aromatic N) is 2. The average molecular weight is 552 g/mol. The summed E-state index contributed by atoms with van der Waals surface area (Å²) >= 11 is 6.32. The molecule has 2 atom stereocenters. The van der Waals surface area contributed by atoms with Gasteiger partial charge in [0.25, 0.3) is 0 Å². The lowest BCUT2D eigenvalue weighted by Gasteiger charge is -2.41. The number of carbonyl (C=O) groups is 2. The Morgan fingerprint density at radius 2 is 1.75 bits per heavy atom.